The first-order valence-electron chi connectivity index (χ1n) is 5.43. The van der Waals surface area contributed by atoms with Gasteiger partial charge in [0.1, 0.15) is 5.75 Å². The van der Waals surface area contributed by atoms with E-state index in [1.165, 1.54) is 0 Å². The van der Waals surface area contributed by atoms with E-state index in [1.54, 1.807) is 36.8 Å². The molecule has 2 aromatic heterocycles. The van der Waals surface area contributed by atoms with Gasteiger partial charge in [-0.3, -0.25) is 4.98 Å². The minimum atomic E-state index is 0.299. The van der Waals surface area contributed by atoms with Crippen LogP contribution in [0.15, 0.2) is 48.9 Å². The lowest BCUT2D eigenvalue weighted by Gasteiger charge is -2.07. The normalized spacial score (nSPS) is 10.4. The summed E-state index contributed by atoms with van der Waals surface area (Å²) in [5.41, 5.74) is 7.20. The lowest BCUT2D eigenvalue weighted by atomic mass is 10.2. The second-order valence-corrected chi connectivity index (χ2v) is 3.69. The van der Waals surface area contributed by atoms with Gasteiger partial charge in [-0.15, -0.1) is 0 Å². The van der Waals surface area contributed by atoms with Crippen LogP contribution in [0.1, 0.15) is 0 Å². The molecule has 0 amide bonds. The average Bonchev–Trinajstić information content (AvgIpc) is 2.44. The molecule has 0 unspecified atom stereocenters. The number of rotatable bonds is 2. The number of nitrogens with two attached hydrogens (primary N) is 1. The first kappa shape index (κ1) is 10.5. The predicted octanol–water partition coefficient (Wildman–Crippen LogP) is 2.40. The summed E-state index contributed by atoms with van der Waals surface area (Å²) in [4.78, 5) is 12.3. The Kier molecular flexibility index (Phi) is 2.49. The Labute approximate surface area is 103 Å². The molecular formula is C13H10N4O. The van der Waals surface area contributed by atoms with Crippen LogP contribution in [0.5, 0.6) is 11.8 Å². The van der Waals surface area contributed by atoms with E-state index in [1.807, 2.05) is 12.1 Å². The van der Waals surface area contributed by atoms with E-state index >= 15 is 0 Å². The minimum Gasteiger partial charge on any atom is -0.424 e. The molecule has 5 nitrogen and oxygen atoms in total. The quantitative estimate of drug-likeness (QED) is 0.694. The van der Waals surface area contributed by atoms with Gasteiger partial charge in [0.15, 0.2) is 0 Å². The van der Waals surface area contributed by atoms with E-state index in [0.717, 1.165) is 5.39 Å². The van der Waals surface area contributed by atoms with Gasteiger partial charge in [0.05, 0.1) is 11.2 Å². The van der Waals surface area contributed by atoms with Gasteiger partial charge in [-0.1, -0.05) is 0 Å². The number of anilines is 1. The number of aromatic nitrogens is 3. The van der Waals surface area contributed by atoms with Crippen LogP contribution in [-0.4, -0.2) is 15.0 Å². The van der Waals surface area contributed by atoms with Crippen molar-refractivity contribution in [1.82, 2.24) is 15.0 Å². The fourth-order valence-corrected chi connectivity index (χ4v) is 1.69. The fourth-order valence-electron chi connectivity index (χ4n) is 1.69. The maximum atomic E-state index is 5.87. The summed E-state index contributed by atoms with van der Waals surface area (Å²) < 4.78 is 5.63. The molecule has 5 heteroatoms. The zero-order valence-electron chi connectivity index (χ0n) is 9.45. The van der Waals surface area contributed by atoms with E-state index in [0.29, 0.717) is 23.0 Å². The summed E-state index contributed by atoms with van der Waals surface area (Å²) in [5.74, 6) is 0.638. The molecule has 0 spiro atoms. The number of hydrogen-bond acceptors (Lipinski definition) is 5. The molecule has 0 aliphatic heterocycles. The lowest BCUT2D eigenvalue weighted by molar-refractivity contribution is 0.446. The molecule has 2 N–H and O–H groups in total. The van der Waals surface area contributed by atoms with E-state index in [2.05, 4.69) is 15.0 Å². The number of pyridine rings is 1. The van der Waals surface area contributed by atoms with Crippen molar-refractivity contribution in [3.8, 4) is 11.8 Å². The molecule has 0 aliphatic rings. The molecule has 1 aromatic carbocycles. The first-order valence-corrected chi connectivity index (χ1v) is 5.43. The molecule has 0 saturated carbocycles. The van der Waals surface area contributed by atoms with Crippen molar-refractivity contribution in [3.05, 3.63) is 48.9 Å². The Bertz CT molecular complexity index is 685. The maximum absolute atomic E-state index is 5.87. The molecule has 0 atom stereocenters. The van der Waals surface area contributed by atoms with Crippen LogP contribution >= 0.6 is 0 Å². The Morgan fingerprint density at radius 1 is 0.889 bits per heavy atom. The third kappa shape index (κ3) is 1.82. The highest BCUT2D eigenvalue weighted by atomic mass is 16.5. The van der Waals surface area contributed by atoms with Gasteiger partial charge in [0.2, 0.25) is 0 Å². The van der Waals surface area contributed by atoms with Crippen LogP contribution in [0, 0.1) is 0 Å². The highest BCUT2D eigenvalue weighted by molar-refractivity contribution is 5.93. The number of hydrogen-bond donors (Lipinski definition) is 1. The van der Waals surface area contributed by atoms with E-state index in [9.17, 15) is 0 Å². The van der Waals surface area contributed by atoms with Crippen LogP contribution in [0.25, 0.3) is 10.9 Å². The smallest absolute Gasteiger partial charge is 0.321 e. The maximum Gasteiger partial charge on any atom is 0.321 e. The summed E-state index contributed by atoms with van der Waals surface area (Å²) in [6, 6.07) is 9.31. The Balaban J connectivity index is 2.10. The predicted molar refractivity (Wildman–Crippen MR) is 68.3 cm³/mol. The summed E-state index contributed by atoms with van der Waals surface area (Å²) in [5, 5.41) is 0.838. The van der Waals surface area contributed by atoms with Crippen molar-refractivity contribution in [2.24, 2.45) is 0 Å². The number of benzene rings is 1. The van der Waals surface area contributed by atoms with Crippen LogP contribution in [-0.2, 0) is 0 Å². The van der Waals surface area contributed by atoms with Crippen LogP contribution in [0.4, 0.5) is 5.69 Å². The Hall–Kier alpha value is -2.69. The molecule has 3 rings (SSSR count). The molecule has 0 radical (unpaired) electrons. The molecule has 0 saturated heterocycles. The number of fused-ring (bicyclic) bond motifs is 1. The van der Waals surface area contributed by atoms with Gasteiger partial charge in [-0.2, -0.15) is 0 Å². The fraction of sp³-hybridized carbons (Fsp3) is 0. The van der Waals surface area contributed by atoms with E-state index < -0.39 is 0 Å². The molecule has 88 valence electrons. The molecule has 0 bridgehead atoms. The van der Waals surface area contributed by atoms with E-state index in [4.69, 9.17) is 10.5 Å². The summed E-state index contributed by atoms with van der Waals surface area (Å²) in [6.07, 6.45) is 4.95. The Morgan fingerprint density at radius 3 is 2.50 bits per heavy atom. The summed E-state index contributed by atoms with van der Waals surface area (Å²) >= 11 is 0. The van der Waals surface area contributed by atoms with Crippen molar-refractivity contribution in [1.29, 1.82) is 0 Å². The Morgan fingerprint density at radius 2 is 1.67 bits per heavy atom. The average molecular weight is 238 g/mol. The monoisotopic (exact) mass is 238 g/mol. The largest absolute Gasteiger partial charge is 0.424 e. The molecule has 0 fully saturated rings. The zero-order chi connectivity index (χ0) is 12.4. The number of ether oxygens (including phenoxy) is 1. The van der Waals surface area contributed by atoms with Gasteiger partial charge in [-0.05, 0) is 30.3 Å². The molecule has 2 heterocycles. The number of nitrogens with zero attached hydrogens (tertiary/aromatic N) is 3. The van der Waals surface area contributed by atoms with Gasteiger partial charge in [-0.25, -0.2) is 9.97 Å². The first-order chi connectivity index (χ1) is 8.84. The highest BCUT2D eigenvalue weighted by Crippen LogP contribution is 2.30. The summed E-state index contributed by atoms with van der Waals surface area (Å²) in [7, 11) is 0. The third-order valence-electron chi connectivity index (χ3n) is 2.50. The van der Waals surface area contributed by atoms with Crippen LogP contribution in [0.2, 0.25) is 0 Å². The summed E-state index contributed by atoms with van der Waals surface area (Å²) in [6.45, 7) is 0. The SMILES string of the molecule is Nc1ccc(Oc2ncccn2)c2cccnc12. The van der Waals surface area contributed by atoms with Crippen molar-refractivity contribution >= 4 is 16.6 Å². The van der Waals surface area contributed by atoms with Crippen molar-refractivity contribution < 1.29 is 4.74 Å². The molecular weight excluding hydrogens is 228 g/mol. The third-order valence-corrected chi connectivity index (χ3v) is 2.50. The molecule has 3 aromatic rings. The van der Waals surface area contributed by atoms with E-state index in [-0.39, 0.29) is 0 Å². The highest BCUT2D eigenvalue weighted by Gasteiger charge is 2.07. The number of nitrogen functional groups attached to an aromatic ring is 1. The van der Waals surface area contributed by atoms with Crippen molar-refractivity contribution in [2.75, 3.05) is 5.73 Å². The second kappa shape index (κ2) is 4.29. The topological polar surface area (TPSA) is 73.9 Å². The zero-order valence-corrected chi connectivity index (χ0v) is 9.45. The second-order valence-electron chi connectivity index (χ2n) is 3.69. The molecule has 18 heavy (non-hydrogen) atoms. The van der Waals surface area contributed by atoms with Crippen molar-refractivity contribution in [2.45, 2.75) is 0 Å². The lowest BCUT2D eigenvalue weighted by Crippen LogP contribution is -1.94. The van der Waals surface area contributed by atoms with Gasteiger partial charge < -0.3 is 10.5 Å². The van der Waals surface area contributed by atoms with Gasteiger partial charge in [0.25, 0.3) is 0 Å². The molecule has 0 aliphatic carbocycles. The van der Waals surface area contributed by atoms with Gasteiger partial charge >= 0.3 is 6.01 Å². The van der Waals surface area contributed by atoms with Crippen LogP contribution in [0.3, 0.4) is 0 Å². The van der Waals surface area contributed by atoms with Gasteiger partial charge in [0, 0.05) is 24.0 Å². The minimum absolute atomic E-state index is 0.299. The standard InChI is InChI=1S/C13H10N4O/c14-10-4-5-11(9-3-1-6-15-12(9)10)18-13-16-7-2-8-17-13/h1-8H,14H2. The van der Waals surface area contributed by atoms with Crippen molar-refractivity contribution in [3.63, 3.8) is 0 Å². The van der Waals surface area contributed by atoms with Crippen LogP contribution < -0.4 is 10.5 Å².